The Balaban J connectivity index is 1.58. The molecular formula is C25H27IN6OS. The maximum absolute atomic E-state index is 12.6. The summed E-state index contributed by atoms with van der Waals surface area (Å²) in [6, 6.07) is 18.1. The van der Waals surface area contributed by atoms with Gasteiger partial charge in [0.1, 0.15) is 0 Å². The van der Waals surface area contributed by atoms with E-state index in [0.717, 1.165) is 17.1 Å². The van der Waals surface area contributed by atoms with E-state index in [-0.39, 0.29) is 5.91 Å². The van der Waals surface area contributed by atoms with E-state index < -0.39 is 5.25 Å². The first-order valence-corrected chi connectivity index (χ1v) is 12.7. The molecule has 0 radical (unpaired) electrons. The number of hydrogen-bond donors (Lipinski definition) is 2. The van der Waals surface area contributed by atoms with Gasteiger partial charge in [0.2, 0.25) is 0 Å². The maximum Gasteiger partial charge on any atom is 0.253 e. The minimum absolute atomic E-state index is 0.204. The number of allylic oxidation sites excluding steroid dienone is 2. The van der Waals surface area contributed by atoms with Crippen LogP contribution in [0.3, 0.4) is 0 Å². The molecule has 3 aromatic rings. The summed E-state index contributed by atoms with van der Waals surface area (Å²) >= 11 is 3.61. The summed E-state index contributed by atoms with van der Waals surface area (Å²) in [5, 5.41) is 16.4. The number of nitrogens with zero attached hydrogens (tertiary/aromatic N) is 4. The van der Waals surface area contributed by atoms with Gasteiger partial charge in [0.05, 0.1) is 17.5 Å². The second-order valence-corrected chi connectivity index (χ2v) is 9.95. The fourth-order valence-electron chi connectivity index (χ4n) is 2.86. The van der Waals surface area contributed by atoms with E-state index in [1.807, 2.05) is 85.2 Å². The first-order chi connectivity index (χ1) is 16.5. The molecule has 0 aliphatic rings. The van der Waals surface area contributed by atoms with Gasteiger partial charge in [-0.2, -0.15) is 5.10 Å². The molecule has 1 heterocycles. The number of rotatable bonds is 11. The molecule has 0 aliphatic heterocycles. The molecule has 2 aromatic carbocycles. The van der Waals surface area contributed by atoms with Gasteiger partial charge in [-0.05, 0) is 72.3 Å². The molecule has 7 nitrogen and oxygen atoms in total. The van der Waals surface area contributed by atoms with Crippen molar-refractivity contribution in [1.29, 1.82) is 0 Å². The minimum Gasteiger partial charge on any atom is -0.378 e. The van der Waals surface area contributed by atoms with Crippen LogP contribution in [0.25, 0.3) is 6.08 Å². The lowest BCUT2D eigenvalue weighted by Crippen LogP contribution is -2.27. The van der Waals surface area contributed by atoms with Crippen LogP contribution in [0.5, 0.6) is 0 Å². The number of amides is 1. The van der Waals surface area contributed by atoms with Crippen molar-refractivity contribution in [3.05, 3.63) is 88.3 Å². The summed E-state index contributed by atoms with van der Waals surface area (Å²) in [6.07, 6.45) is 5.60. The van der Waals surface area contributed by atoms with Crippen molar-refractivity contribution in [2.24, 2.45) is 5.10 Å². The van der Waals surface area contributed by atoms with E-state index in [2.05, 4.69) is 55.2 Å². The molecule has 176 valence electrons. The molecule has 0 unspecified atom stereocenters. The highest BCUT2D eigenvalue weighted by Crippen LogP contribution is 2.23. The summed E-state index contributed by atoms with van der Waals surface area (Å²) in [6.45, 7) is 8.56. The number of aromatic nitrogens is 3. The standard InChI is InChI=1S/C25H27IN6OS/c1-4-16-32-23(17-27-22-14-12-21(26)13-15-22)29-31-25(32)34-19(3)24(33)30-28-18(2)10-11-20-8-6-5-7-9-20/h4-15,19,27H,1,16-17H2,2-3H3,(H,30,33)/b11-10+,28-18?/t19-/m0/s1. The average Bonchev–Trinajstić information content (AvgIpc) is 3.22. The lowest BCUT2D eigenvalue weighted by atomic mass is 10.2. The minimum atomic E-state index is -0.403. The highest BCUT2D eigenvalue weighted by Gasteiger charge is 2.19. The summed E-state index contributed by atoms with van der Waals surface area (Å²) in [7, 11) is 0. The normalized spacial score (nSPS) is 12.5. The molecule has 0 aliphatic carbocycles. The Hall–Kier alpha value is -2.92. The first kappa shape index (κ1) is 25.7. The third-order valence-electron chi connectivity index (χ3n) is 4.71. The van der Waals surface area contributed by atoms with Gasteiger partial charge < -0.3 is 9.88 Å². The van der Waals surface area contributed by atoms with Crippen molar-refractivity contribution in [1.82, 2.24) is 20.2 Å². The molecule has 2 N–H and O–H groups in total. The molecule has 0 spiro atoms. The van der Waals surface area contributed by atoms with Crippen LogP contribution in [0.4, 0.5) is 5.69 Å². The Kier molecular flexibility index (Phi) is 9.89. The molecule has 1 amide bonds. The topological polar surface area (TPSA) is 84.2 Å². The molecule has 0 fully saturated rings. The van der Waals surface area contributed by atoms with Crippen molar-refractivity contribution < 1.29 is 4.79 Å². The van der Waals surface area contributed by atoms with Gasteiger partial charge in [0.25, 0.3) is 5.91 Å². The van der Waals surface area contributed by atoms with E-state index >= 15 is 0 Å². The summed E-state index contributed by atoms with van der Waals surface area (Å²) in [4.78, 5) is 12.6. The Morgan fingerprint density at radius 1 is 1.21 bits per heavy atom. The second-order valence-electron chi connectivity index (χ2n) is 7.39. The zero-order valence-electron chi connectivity index (χ0n) is 19.1. The van der Waals surface area contributed by atoms with Crippen LogP contribution in [-0.2, 0) is 17.9 Å². The zero-order valence-corrected chi connectivity index (χ0v) is 22.1. The molecule has 0 saturated heterocycles. The van der Waals surface area contributed by atoms with Crippen molar-refractivity contribution >= 4 is 57.7 Å². The maximum atomic E-state index is 12.6. The van der Waals surface area contributed by atoms with Gasteiger partial charge in [-0.25, -0.2) is 5.43 Å². The van der Waals surface area contributed by atoms with Gasteiger partial charge in [0.15, 0.2) is 11.0 Å². The van der Waals surface area contributed by atoms with E-state index in [1.54, 1.807) is 6.08 Å². The molecule has 1 atom stereocenters. The van der Waals surface area contributed by atoms with E-state index in [0.29, 0.717) is 24.0 Å². The fourth-order valence-corrected chi connectivity index (χ4v) is 4.09. The second kappa shape index (κ2) is 13.1. The number of carbonyl (C=O) groups is 1. The quantitative estimate of drug-likeness (QED) is 0.104. The average molecular weight is 587 g/mol. The SMILES string of the molecule is C=CCn1c(CNc2ccc(I)cc2)nnc1S[C@@H](C)C(=O)NN=C(C)/C=C/c1ccccc1. The van der Waals surface area contributed by atoms with Gasteiger partial charge in [0, 0.05) is 15.8 Å². The number of benzene rings is 2. The van der Waals surface area contributed by atoms with Gasteiger partial charge in [-0.3, -0.25) is 4.79 Å². The monoisotopic (exact) mass is 586 g/mol. The molecule has 34 heavy (non-hydrogen) atoms. The van der Waals surface area contributed by atoms with E-state index in [4.69, 9.17) is 0 Å². The first-order valence-electron chi connectivity index (χ1n) is 10.7. The Bertz CT molecular complexity index is 1160. The third kappa shape index (κ3) is 7.84. The van der Waals surface area contributed by atoms with Crippen molar-refractivity contribution in [2.45, 2.75) is 37.3 Å². The van der Waals surface area contributed by atoms with Crippen LogP contribution in [0.2, 0.25) is 0 Å². The number of hydrazone groups is 1. The van der Waals surface area contributed by atoms with Crippen LogP contribution in [0.1, 0.15) is 25.2 Å². The molecular weight excluding hydrogens is 559 g/mol. The zero-order chi connectivity index (χ0) is 24.3. The number of hydrogen-bond acceptors (Lipinski definition) is 6. The van der Waals surface area contributed by atoms with Gasteiger partial charge in [-0.1, -0.05) is 54.2 Å². The van der Waals surface area contributed by atoms with Crippen molar-refractivity contribution in [3.63, 3.8) is 0 Å². The number of nitrogens with one attached hydrogen (secondary N) is 2. The smallest absolute Gasteiger partial charge is 0.253 e. The number of thioether (sulfide) groups is 1. The number of halogens is 1. The van der Waals surface area contributed by atoms with Crippen LogP contribution in [-0.4, -0.2) is 31.6 Å². The number of anilines is 1. The molecule has 3 rings (SSSR count). The van der Waals surface area contributed by atoms with Crippen molar-refractivity contribution in [3.8, 4) is 0 Å². The molecule has 1 aromatic heterocycles. The lowest BCUT2D eigenvalue weighted by molar-refractivity contribution is -0.120. The molecule has 0 bridgehead atoms. The van der Waals surface area contributed by atoms with Gasteiger partial charge in [-0.15, -0.1) is 16.8 Å². The van der Waals surface area contributed by atoms with Crippen molar-refractivity contribution in [2.75, 3.05) is 5.32 Å². The van der Waals surface area contributed by atoms with Crippen LogP contribution < -0.4 is 10.7 Å². The third-order valence-corrected chi connectivity index (χ3v) is 6.51. The van der Waals surface area contributed by atoms with E-state index in [1.165, 1.54) is 15.3 Å². The Morgan fingerprint density at radius 3 is 2.65 bits per heavy atom. The highest BCUT2D eigenvalue weighted by atomic mass is 127. The number of carbonyl (C=O) groups excluding carboxylic acids is 1. The van der Waals surface area contributed by atoms with Crippen LogP contribution >= 0.6 is 34.4 Å². The van der Waals surface area contributed by atoms with E-state index in [9.17, 15) is 4.79 Å². The molecule has 0 saturated carbocycles. The highest BCUT2D eigenvalue weighted by molar-refractivity contribution is 14.1. The molecule has 9 heteroatoms. The summed E-state index contributed by atoms with van der Waals surface area (Å²) in [5.74, 6) is 0.567. The Labute approximate surface area is 218 Å². The Morgan fingerprint density at radius 2 is 1.94 bits per heavy atom. The lowest BCUT2D eigenvalue weighted by Gasteiger charge is -2.12. The van der Waals surface area contributed by atoms with Crippen LogP contribution in [0.15, 0.2) is 83.6 Å². The largest absolute Gasteiger partial charge is 0.378 e. The predicted molar refractivity (Wildman–Crippen MR) is 149 cm³/mol. The summed E-state index contributed by atoms with van der Waals surface area (Å²) < 4.78 is 3.13. The van der Waals surface area contributed by atoms with Gasteiger partial charge >= 0.3 is 0 Å². The van der Waals surface area contributed by atoms with Crippen LogP contribution in [0, 0.1) is 3.57 Å². The predicted octanol–water partition coefficient (Wildman–Crippen LogP) is 5.37. The fraction of sp³-hybridized carbons (Fsp3) is 0.200. The summed E-state index contributed by atoms with van der Waals surface area (Å²) in [5.41, 5.74) is 5.41.